The summed E-state index contributed by atoms with van der Waals surface area (Å²) >= 11 is 3.07. The minimum absolute atomic E-state index is 0.0959. The zero-order valence-electron chi connectivity index (χ0n) is 11.2. The van der Waals surface area contributed by atoms with Crippen molar-refractivity contribution < 1.29 is 23.5 Å². The first-order chi connectivity index (χ1) is 10.0. The van der Waals surface area contributed by atoms with Gasteiger partial charge in [-0.05, 0) is 46.8 Å². The molecule has 0 spiro atoms. The second-order valence-electron chi connectivity index (χ2n) is 4.69. The van der Waals surface area contributed by atoms with Crippen molar-refractivity contribution in [2.45, 2.75) is 12.8 Å². The van der Waals surface area contributed by atoms with Gasteiger partial charge in [0.15, 0.2) is 10.4 Å². The Kier molecular flexibility index (Phi) is 5.38. The highest BCUT2D eigenvalue weighted by Gasteiger charge is 2.23. The van der Waals surface area contributed by atoms with E-state index in [0.717, 1.165) is 12.8 Å². The topological polar surface area (TPSA) is 97.6 Å². The Labute approximate surface area is 129 Å². The molecule has 0 bridgehead atoms. The summed E-state index contributed by atoms with van der Waals surface area (Å²) in [5.74, 6) is -0.879. The molecule has 0 atom stereocenters. The summed E-state index contributed by atoms with van der Waals surface area (Å²) in [6.45, 7) is -0.0282. The number of carbonyl (C=O) groups excluding carboxylic acids is 3. The van der Waals surface area contributed by atoms with E-state index in [0.29, 0.717) is 17.2 Å². The molecule has 1 fully saturated rings. The van der Waals surface area contributed by atoms with Crippen LogP contribution in [0.5, 0.6) is 0 Å². The average Bonchev–Trinajstić information content (AvgIpc) is 3.20. The lowest BCUT2D eigenvalue weighted by molar-refractivity contribution is -0.144. The average molecular weight is 359 g/mol. The SMILES string of the molecule is O=C(CNC(=O)c1ccc(Br)o1)NCC(=O)OCC1CC1. The standard InChI is InChI=1S/C13H15BrN2O5/c14-10-4-3-9(21-10)13(19)16-5-11(17)15-6-12(18)20-7-8-1-2-8/h3-4,8H,1-2,5-7H2,(H,15,17)(H,16,19). The molecule has 2 rings (SSSR count). The van der Waals surface area contributed by atoms with Crippen LogP contribution in [0, 0.1) is 5.92 Å². The van der Waals surface area contributed by atoms with Crippen molar-refractivity contribution in [1.29, 1.82) is 0 Å². The lowest BCUT2D eigenvalue weighted by Gasteiger charge is -2.06. The number of ether oxygens (including phenoxy) is 1. The number of esters is 1. The predicted molar refractivity (Wildman–Crippen MR) is 75.4 cm³/mol. The van der Waals surface area contributed by atoms with Crippen LogP contribution in [-0.2, 0) is 14.3 Å². The molecule has 1 saturated carbocycles. The Morgan fingerprint density at radius 2 is 2.00 bits per heavy atom. The Balaban J connectivity index is 1.60. The molecule has 0 aliphatic heterocycles. The van der Waals surface area contributed by atoms with Crippen LogP contribution in [-0.4, -0.2) is 37.5 Å². The fourth-order valence-corrected chi connectivity index (χ4v) is 1.77. The highest BCUT2D eigenvalue weighted by molar-refractivity contribution is 9.10. The molecule has 0 radical (unpaired) electrons. The van der Waals surface area contributed by atoms with Gasteiger partial charge in [-0.3, -0.25) is 14.4 Å². The van der Waals surface area contributed by atoms with Crippen molar-refractivity contribution in [3.05, 3.63) is 22.6 Å². The first-order valence-electron chi connectivity index (χ1n) is 6.50. The third-order valence-electron chi connectivity index (χ3n) is 2.81. The lowest BCUT2D eigenvalue weighted by Crippen LogP contribution is -2.39. The minimum atomic E-state index is -0.507. The van der Waals surface area contributed by atoms with E-state index in [-0.39, 0.29) is 18.8 Å². The van der Waals surface area contributed by atoms with E-state index in [1.54, 1.807) is 6.07 Å². The van der Waals surface area contributed by atoms with Crippen molar-refractivity contribution in [1.82, 2.24) is 10.6 Å². The van der Waals surface area contributed by atoms with Gasteiger partial charge in [0, 0.05) is 0 Å². The lowest BCUT2D eigenvalue weighted by atomic mass is 10.4. The molecule has 0 saturated heterocycles. The fraction of sp³-hybridized carbons (Fsp3) is 0.462. The highest BCUT2D eigenvalue weighted by atomic mass is 79.9. The van der Waals surface area contributed by atoms with Crippen LogP contribution in [0.3, 0.4) is 0 Å². The van der Waals surface area contributed by atoms with Crippen LogP contribution >= 0.6 is 15.9 Å². The van der Waals surface area contributed by atoms with Gasteiger partial charge in [-0.2, -0.15) is 0 Å². The number of furan rings is 1. The van der Waals surface area contributed by atoms with E-state index in [1.807, 2.05) is 0 Å². The minimum Gasteiger partial charge on any atom is -0.464 e. The number of carbonyl (C=O) groups is 3. The predicted octanol–water partition coefficient (Wildman–Crippen LogP) is 0.841. The zero-order chi connectivity index (χ0) is 15.2. The Morgan fingerprint density at radius 1 is 1.24 bits per heavy atom. The smallest absolute Gasteiger partial charge is 0.325 e. The molecule has 0 unspecified atom stereocenters. The van der Waals surface area contributed by atoms with Gasteiger partial charge < -0.3 is 19.8 Å². The number of hydrogen-bond acceptors (Lipinski definition) is 5. The number of halogens is 1. The van der Waals surface area contributed by atoms with Crippen molar-refractivity contribution in [2.24, 2.45) is 5.92 Å². The summed E-state index contributed by atoms with van der Waals surface area (Å²) in [5, 5.41) is 4.75. The number of nitrogens with one attached hydrogen (secondary N) is 2. The van der Waals surface area contributed by atoms with Crippen molar-refractivity contribution in [3.63, 3.8) is 0 Å². The summed E-state index contributed by atoms with van der Waals surface area (Å²) in [6.07, 6.45) is 2.18. The Hall–Kier alpha value is -1.83. The van der Waals surface area contributed by atoms with E-state index in [9.17, 15) is 14.4 Å². The van der Waals surface area contributed by atoms with E-state index in [1.165, 1.54) is 6.07 Å². The van der Waals surface area contributed by atoms with Gasteiger partial charge in [0.2, 0.25) is 5.91 Å². The normalized spacial score (nSPS) is 13.6. The first-order valence-corrected chi connectivity index (χ1v) is 7.30. The molecule has 1 aliphatic carbocycles. The van der Waals surface area contributed by atoms with Crippen LogP contribution in [0.2, 0.25) is 0 Å². The summed E-state index contributed by atoms with van der Waals surface area (Å²) in [4.78, 5) is 34.4. The monoisotopic (exact) mass is 358 g/mol. The van der Waals surface area contributed by atoms with Crippen molar-refractivity contribution in [2.75, 3.05) is 19.7 Å². The molecule has 0 aromatic carbocycles. The molecular weight excluding hydrogens is 344 g/mol. The second kappa shape index (κ2) is 7.26. The summed E-state index contributed by atoms with van der Waals surface area (Å²) in [7, 11) is 0. The van der Waals surface area contributed by atoms with Gasteiger partial charge in [0.05, 0.1) is 13.2 Å². The van der Waals surface area contributed by atoms with Crippen LogP contribution in [0.25, 0.3) is 0 Å². The van der Waals surface area contributed by atoms with Gasteiger partial charge in [-0.1, -0.05) is 0 Å². The molecule has 2 amide bonds. The molecule has 114 valence electrons. The quantitative estimate of drug-likeness (QED) is 0.704. The second-order valence-corrected chi connectivity index (χ2v) is 5.47. The highest BCUT2D eigenvalue weighted by Crippen LogP contribution is 2.28. The van der Waals surface area contributed by atoms with Crippen molar-refractivity contribution in [3.8, 4) is 0 Å². The number of amides is 2. The fourth-order valence-electron chi connectivity index (χ4n) is 1.46. The van der Waals surface area contributed by atoms with Gasteiger partial charge in [-0.25, -0.2) is 0 Å². The van der Waals surface area contributed by atoms with Crippen LogP contribution in [0.1, 0.15) is 23.4 Å². The van der Waals surface area contributed by atoms with E-state index < -0.39 is 17.8 Å². The van der Waals surface area contributed by atoms with E-state index in [2.05, 4.69) is 26.6 Å². The third kappa shape index (κ3) is 5.58. The molecule has 8 heteroatoms. The maximum absolute atomic E-state index is 11.6. The Bertz CT molecular complexity index is 538. The van der Waals surface area contributed by atoms with Gasteiger partial charge >= 0.3 is 5.97 Å². The van der Waals surface area contributed by atoms with E-state index >= 15 is 0 Å². The maximum atomic E-state index is 11.6. The van der Waals surface area contributed by atoms with Crippen LogP contribution < -0.4 is 10.6 Å². The van der Waals surface area contributed by atoms with Gasteiger partial charge in [0.1, 0.15) is 6.54 Å². The summed E-state index contributed by atoms with van der Waals surface area (Å²) in [6, 6.07) is 3.05. The first kappa shape index (κ1) is 15.6. The van der Waals surface area contributed by atoms with E-state index in [4.69, 9.17) is 9.15 Å². The van der Waals surface area contributed by atoms with Gasteiger partial charge in [0.25, 0.3) is 5.91 Å². The third-order valence-corrected chi connectivity index (χ3v) is 3.24. The summed E-state index contributed by atoms with van der Waals surface area (Å²) in [5.41, 5.74) is 0. The molecule has 1 aromatic heterocycles. The zero-order valence-corrected chi connectivity index (χ0v) is 12.8. The molecule has 1 heterocycles. The van der Waals surface area contributed by atoms with Crippen molar-refractivity contribution >= 4 is 33.7 Å². The largest absolute Gasteiger partial charge is 0.464 e. The molecular formula is C13H15BrN2O5. The summed E-state index contributed by atoms with van der Waals surface area (Å²) < 4.78 is 10.4. The molecule has 1 aromatic rings. The molecule has 2 N–H and O–H groups in total. The Morgan fingerprint density at radius 3 is 2.62 bits per heavy atom. The number of hydrogen-bond donors (Lipinski definition) is 2. The van der Waals surface area contributed by atoms with Crippen LogP contribution in [0.4, 0.5) is 0 Å². The van der Waals surface area contributed by atoms with Crippen LogP contribution in [0.15, 0.2) is 21.2 Å². The maximum Gasteiger partial charge on any atom is 0.325 e. The van der Waals surface area contributed by atoms with Gasteiger partial charge in [-0.15, -0.1) is 0 Å². The molecule has 21 heavy (non-hydrogen) atoms. The number of rotatable bonds is 7. The molecule has 7 nitrogen and oxygen atoms in total. The molecule has 1 aliphatic rings.